The van der Waals surface area contributed by atoms with E-state index in [1.54, 1.807) is 6.20 Å². The van der Waals surface area contributed by atoms with Crippen LogP contribution >= 0.6 is 15.9 Å². The number of halogens is 1. The number of carbonyl (C=O) groups is 1. The Balaban J connectivity index is 1.83. The van der Waals surface area contributed by atoms with Crippen LogP contribution in [-0.4, -0.2) is 19.2 Å². The highest BCUT2D eigenvalue weighted by Crippen LogP contribution is 2.14. The van der Waals surface area contributed by atoms with Crippen LogP contribution in [0.25, 0.3) is 0 Å². The summed E-state index contributed by atoms with van der Waals surface area (Å²) in [5.41, 5.74) is 1.98. The third-order valence-electron chi connectivity index (χ3n) is 2.64. The molecule has 1 fully saturated rings. The van der Waals surface area contributed by atoms with E-state index in [0.717, 1.165) is 36.2 Å². The van der Waals surface area contributed by atoms with Gasteiger partial charge in [-0.3, -0.25) is 0 Å². The average Bonchev–Trinajstić information content (AvgIpc) is 2.40. The van der Waals surface area contributed by atoms with E-state index in [2.05, 4.69) is 26.6 Å². The highest BCUT2D eigenvalue weighted by atomic mass is 79.9. The zero-order valence-corrected chi connectivity index (χ0v) is 11.5. The predicted octanol–water partition coefficient (Wildman–Crippen LogP) is 3.26. The molecular weight excluding hydrogens is 296 g/mol. The van der Waals surface area contributed by atoms with Crippen LogP contribution in [0.3, 0.4) is 0 Å². The van der Waals surface area contributed by atoms with Gasteiger partial charge in [-0.1, -0.05) is 15.9 Å². The third kappa shape index (κ3) is 4.16. The molecule has 2 N–H and O–H groups in total. The minimum Gasteiger partial charge on any atom is -0.381 e. The summed E-state index contributed by atoms with van der Waals surface area (Å²) in [6.45, 7) is 1.48. The first-order valence-electron chi connectivity index (χ1n) is 5.83. The van der Waals surface area contributed by atoms with Crippen molar-refractivity contribution in [2.45, 2.75) is 12.8 Å². The number of hydrogen-bond donors (Lipinski definition) is 2. The summed E-state index contributed by atoms with van der Waals surface area (Å²) in [4.78, 5) is 11.6. The minimum atomic E-state index is -0.226. The third-order valence-corrected chi connectivity index (χ3v) is 3.17. The van der Waals surface area contributed by atoms with Gasteiger partial charge >= 0.3 is 6.03 Å². The van der Waals surface area contributed by atoms with Gasteiger partial charge in [0.05, 0.1) is 13.2 Å². The molecule has 96 valence electrons. The number of anilines is 1. The van der Waals surface area contributed by atoms with Gasteiger partial charge in [-0.15, -0.1) is 0 Å². The first kappa shape index (κ1) is 13.1. The lowest BCUT2D eigenvalue weighted by Crippen LogP contribution is -2.25. The van der Waals surface area contributed by atoms with Crippen molar-refractivity contribution >= 4 is 27.6 Å². The Morgan fingerprint density at radius 2 is 1.89 bits per heavy atom. The van der Waals surface area contributed by atoms with Crippen molar-refractivity contribution in [3.8, 4) is 0 Å². The molecule has 4 nitrogen and oxygen atoms in total. The summed E-state index contributed by atoms with van der Waals surface area (Å²) >= 11 is 3.34. The second kappa shape index (κ2) is 6.56. The normalized spacial score (nSPS) is 15.1. The molecule has 18 heavy (non-hydrogen) atoms. The maximum absolute atomic E-state index is 11.6. The summed E-state index contributed by atoms with van der Waals surface area (Å²) in [6, 6.07) is 7.21. The highest BCUT2D eigenvalue weighted by molar-refractivity contribution is 9.10. The summed E-state index contributed by atoms with van der Waals surface area (Å²) in [7, 11) is 0. The van der Waals surface area contributed by atoms with E-state index in [9.17, 15) is 4.79 Å². The van der Waals surface area contributed by atoms with Gasteiger partial charge in [0.25, 0.3) is 0 Å². The summed E-state index contributed by atoms with van der Waals surface area (Å²) in [5, 5.41) is 5.50. The number of carbonyl (C=O) groups excluding carboxylic acids is 1. The number of benzene rings is 1. The lowest BCUT2D eigenvalue weighted by atomic mass is 10.1. The molecule has 0 aliphatic carbocycles. The van der Waals surface area contributed by atoms with E-state index in [4.69, 9.17) is 4.74 Å². The molecule has 0 radical (unpaired) electrons. The maximum atomic E-state index is 11.6. The number of urea groups is 1. The first-order chi connectivity index (χ1) is 8.74. The van der Waals surface area contributed by atoms with Crippen molar-refractivity contribution in [1.82, 2.24) is 5.32 Å². The van der Waals surface area contributed by atoms with Gasteiger partial charge in [0.15, 0.2) is 0 Å². The molecule has 2 amide bonds. The number of rotatable bonds is 2. The maximum Gasteiger partial charge on any atom is 0.323 e. The zero-order valence-electron chi connectivity index (χ0n) is 9.91. The van der Waals surface area contributed by atoms with Gasteiger partial charge < -0.3 is 15.4 Å². The van der Waals surface area contributed by atoms with E-state index in [0.29, 0.717) is 0 Å². The molecule has 0 spiro atoms. The van der Waals surface area contributed by atoms with Crippen molar-refractivity contribution in [3.63, 3.8) is 0 Å². The molecule has 1 saturated heterocycles. The Labute approximate surface area is 115 Å². The van der Waals surface area contributed by atoms with Crippen LogP contribution in [-0.2, 0) is 4.74 Å². The van der Waals surface area contributed by atoms with Crippen molar-refractivity contribution in [3.05, 3.63) is 40.5 Å². The van der Waals surface area contributed by atoms with Crippen molar-refractivity contribution in [2.24, 2.45) is 0 Å². The Bertz CT molecular complexity index is 435. The summed E-state index contributed by atoms with van der Waals surface area (Å²) in [5.74, 6) is 0. The van der Waals surface area contributed by atoms with Gasteiger partial charge in [-0.2, -0.15) is 0 Å². The monoisotopic (exact) mass is 310 g/mol. The van der Waals surface area contributed by atoms with Gasteiger partial charge in [0.1, 0.15) is 0 Å². The first-order valence-corrected chi connectivity index (χ1v) is 6.62. The molecule has 5 heteroatoms. The lowest BCUT2D eigenvalue weighted by molar-refractivity contribution is 0.119. The molecule has 1 heterocycles. The topological polar surface area (TPSA) is 50.4 Å². The fraction of sp³-hybridized carbons (Fsp3) is 0.308. The molecule has 1 aliphatic rings. The van der Waals surface area contributed by atoms with E-state index < -0.39 is 0 Å². The van der Waals surface area contributed by atoms with Crippen LogP contribution in [0.5, 0.6) is 0 Å². The highest BCUT2D eigenvalue weighted by Gasteiger charge is 2.06. The Morgan fingerprint density at radius 3 is 2.56 bits per heavy atom. The van der Waals surface area contributed by atoms with E-state index in [1.165, 1.54) is 5.57 Å². The van der Waals surface area contributed by atoms with Crippen LogP contribution in [0.2, 0.25) is 0 Å². The minimum absolute atomic E-state index is 0.226. The fourth-order valence-electron chi connectivity index (χ4n) is 1.65. The smallest absolute Gasteiger partial charge is 0.323 e. The number of nitrogens with one attached hydrogen (secondary N) is 2. The predicted molar refractivity (Wildman–Crippen MR) is 74.4 cm³/mol. The number of ether oxygens (including phenoxy) is 1. The van der Waals surface area contributed by atoms with E-state index in [-0.39, 0.29) is 6.03 Å². The number of hydrogen-bond acceptors (Lipinski definition) is 2. The molecule has 2 rings (SSSR count). The molecule has 0 atom stereocenters. The van der Waals surface area contributed by atoms with E-state index >= 15 is 0 Å². The van der Waals surface area contributed by atoms with Crippen molar-refractivity contribution in [2.75, 3.05) is 18.5 Å². The summed E-state index contributed by atoms with van der Waals surface area (Å²) < 4.78 is 6.22. The second-order valence-corrected chi connectivity index (χ2v) is 4.94. The molecule has 0 bridgehead atoms. The van der Waals surface area contributed by atoms with Crippen molar-refractivity contribution < 1.29 is 9.53 Å². The molecule has 1 aromatic rings. The van der Waals surface area contributed by atoms with Gasteiger partial charge in [0.2, 0.25) is 0 Å². The van der Waals surface area contributed by atoms with Crippen LogP contribution in [0.4, 0.5) is 10.5 Å². The zero-order chi connectivity index (χ0) is 12.8. The average molecular weight is 311 g/mol. The lowest BCUT2D eigenvalue weighted by Gasteiger charge is -2.14. The molecule has 0 unspecified atom stereocenters. The molecule has 1 aliphatic heterocycles. The van der Waals surface area contributed by atoms with Crippen LogP contribution in [0.15, 0.2) is 40.5 Å². The summed E-state index contributed by atoms with van der Waals surface area (Å²) in [6.07, 6.45) is 3.55. The molecule has 0 saturated carbocycles. The standard InChI is InChI=1S/C13H15BrN2O2/c14-11-1-3-12(4-2-11)16-13(17)15-9-10-5-7-18-8-6-10/h1-4,9H,5-8H2,(H2,15,16,17). The van der Waals surface area contributed by atoms with Crippen LogP contribution in [0.1, 0.15) is 12.8 Å². The SMILES string of the molecule is O=C(NC=C1CCOCC1)Nc1ccc(Br)cc1. The Hall–Kier alpha value is -1.33. The quantitative estimate of drug-likeness (QED) is 0.881. The Morgan fingerprint density at radius 1 is 1.22 bits per heavy atom. The van der Waals surface area contributed by atoms with Crippen molar-refractivity contribution in [1.29, 1.82) is 0 Å². The van der Waals surface area contributed by atoms with Gasteiger partial charge in [-0.25, -0.2) is 4.79 Å². The number of amides is 2. The Kier molecular flexibility index (Phi) is 4.78. The molecule has 0 aromatic heterocycles. The van der Waals surface area contributed by atoms with Crippen LogP contribution < -0.4 is 10.6 Å². The largest absolute Gasteiger partial charge is 0.381 e. The van der Waals surface area contributed by atoms with Gasteiger partial charge in [0, 0.05) is 16.4 Å². The molecular formula is C13H15BrN2O2. The van der Waals surface area contributed by atoms with Crippen LogP contribution in [0, 0.1) is 0 Å². The molecule has 1 aromatic carbocycles. The van der Waals surface area contributed by atoms with E-state index in [1.807, 2.05) is 24.3 Å². The van der Waals surface area contributed by atoms with Gasteiger partial charge in [-0.05, 0) is 42.7 Å². The second-order valence-electron chi connectivity index (χ2n) is 4.02. The fourth-order valence-corrected chi connectivity index (χ4v) is 1.91.